The average molecular weight is 407 g/mol. The zero-order valence-corrected chi connectivity index (χ0v) is 17.8. The van der Waals surface area contributed by atoms with Crippen LogP contribution >= 0.6 is 0 Å². The van der Waals surface area contributed by atoms with E-state index in [0.29, 0.717) is 18.3 Å². The second-order valence-corrected chi connectivity index (χ2v) is 8.76. The highest BCUT2D eigenvalue weighted by molar-refractivity contribution is 5.94. The molecule has 2 aliphatic rings. The Hall–Kier alpha value is -2.69. The third kappa shape index (κ3) is 4.40. The Morgan fingerprint density at radius 1 is 1.17 bits per heavy atom. The fraction of sp³-hybridized carbons (Fsp3) is 0.480. The van der Waals surface area contributed by atoms with Crippen LogP contribution in [0.4, 0.5) is 4.79 Å². The minimum absolute atomic E-state index is 0.0818. The summed E-state index contributed by atoms with van der Waals surface area (Å²) >= 11 is 0. The molecule has 5 nitrogen and oxygen atoms in total. The standard InChI is InChI=1S/C25H30N2O3/c1-17-14-22(12-13-26-17)21-10-8-20(9-11-21)18(2)24(28)27-23(16-30-25(27)29)15-19-6-4-3-5-7-19/h3-7,12-14,18,20-21,23H,8-11,15-16H2,1-2H3/t18-,20?,21?,23?/m1/s1. The summed E-state index contributed by atoms with van der Waals surface area (Å²) in [4.78, 5) is 31.3. The number of imide groups is 1. The van der Waals surface area contributed by atoms with Gasteiger partial charge in [-0.15, -0.1) is 0 Å². The number of ether oxygens (including phenoxy) is 1. The number of carbonyl (C=O) groups excluding carboxylic acids is 2. The third-order valence-electron chi connectivity index (χ3n) is 6.77. The van der Waals surface area contributed by atoms with Gasteiger partial charge in [-0.05, 0) is 74.1 Å². The van der Waals surface area contributed by atoms with E-state index >= 15 is 0 Å². The Labute approximate surface area is 178 Å². The molecule has 0 bridgehead atoms. The lowest BCUT2D eigenvalue weighted by molar-refractivity contribution is -0.135. The number of rotatable bonds is 5. The number of amides is 2. The Morgan fingerprint density at radius 2 is 1.90 bits per heavy atom. The zero-order valence-electron chi connectivity index (χ0n) is 17.8. The number of benzene rings is 1. The smallest absolute Gasteiger partial charge is 0.416 e. The molecule has 158 valence electrons. The topological polar surface area (TPSA) is 59.5 Å². The van der Waals surface area contributed by atoms with Crippen molar-refractivity contribution in [2.45, 2.75) is 57.9 Å². The van der Waals surface area contributed by atoms with E-state index in [2.05, 4.69) is 17.1 Å². The van der Waals surface area contributed by atoms with E-state index in [1.165, 1.54) is 10.5 Å². The lowest BCUT2D eigenvalue weighted by atomic mass is 9.74. The van der Waals surface area contributed by atoms with Crippen molar-refractivity contribution >= 4 is 12.0 Å². The van der Waals surface area contributed by atoms with Crippen LogP contribution < -0.4 is 0 Å². The summed E-state index contributed by atoms with van der Waals surface area (Å²) in [7, 11) is 0. The minimum Gasteiger partial charge on any atom is -0.447 e. The predicted molar refractivity (Wildman–Crippen MR) is 115 cm³/mol. The first kappa shape index (κ1) is 20.6. The molecule has 4 rings (SSSR count). The summed E-state index contributed by atoms with van der Waals surface area (Å²) in [6, 6.07) is 14.0. The molecule has 1 aromatic carbocycles. The normalized spacial score (nSPS) is 25.1. The van der Waals surface area contributed by atoms with Gasteiger partial charge in [0.2, 0.25) is 5.91 Å². The van der Waals surface area contributed by atoms with Crippen molar-refractivity contribution in [1.82, 2.24) is 9.88 Å². The molecule has 2 fully saturated rings. The largest absolute Gasteiger partial charge is 0.447 e. The van der Waals surface area contributed by atoms with Crippen LogP contribution in [-0.2, 0) is 16.0 Å². The Morgan fingerprint density at radius 3 is 2.60 bits per heavy atom. The van der Waals surface area contributed by atoms with Gasteiger partial charge < -0.3 is 4.74 Å². The van der Waals surface area contributed by atoms with Gasteiger partial charge in [0.25, 0.3) is 0 Å². The van der Waals surface area contributed by atoms with Crippen LogP contribution in [0.15, 0.2) is 48.7 Å². The highest BCUT2D eigenvalue weighted by Gasteiger charge is 2.42. The molecule has 2 heterocycles. The SMILES string of the molecule is Cc1cc(C2CCC([C@@H](C)C(=O)N3C(=O)OCC3Cc3ccccc3)CC2)ccn1. The number of carbonyl (C=O) groups is 2. The van der Waals surface area contributed by atoms with Gasteiger partial charge in [-0.2, -0.15) is 0 Å². The molecule has 2 aromatic rings. The van der Waals surface area contributed by atoms with Crippen molar-refractivity contribution in [3.8, 4) is 0 Å². The molecule has 1 saturated heterocycles. The molecule has 2 amide bonds. The van der Waals surface area contributed by atoms with Crippen molar-refractivity contribution in [2.75, 3.05) is 6.61 Å². The number of aryl methyl sites for hydroxylation is 1. The number of cyclic esters (lactones) is 1. The molecular weight excluding hydrogens is 376 g/mol. The summed E-state index contributed by atoms with van der Waals surface area (Å²) in [6.07, 6.45) is 6.19. The van der Waals surface area contributed by atoms with Crippen molar-refractivity contribution in [3.63, 3.8) is 0 Å². The van der Waals surface area contributed by atoms with E-state index in [-0.39, 0.29) is 24.5 Å². The monoisotopic (exact) mass is 406 g/mol. The molecule has 0 radical (unpaired) electrons. The quantitative estimate of drug-likeness (QED) is 0.709. The van der Waals surface area contributed by atoms with Gasteiger partial charge >= 0.3 is 6.09 Å². The maximum Gasteiger partial charge on any atom is 0.416 e. The summed E-state index contributed by atoms with van der Waals surface area (Å²) in [5.74, 6) is 0.589. The van der Waals surface area contributed by atoms with Crippen LogP contribution in [0.3, 0.4) is 0 Å². The summed E-state index contributed by atoms with van der Waals surface area (Å²) in [5.41, 5.74) is 3.51. The highest BCUT2D eigenvalue weighted by Crippen LogP contribution is 2.39. The van der Waals surface area contributed by atoms with Gasteiger partial charge in [-0.25, -0.2) is 9.69 Å². The van der Waals surface area contributed by atoms with Gasteiger partial charge in [0.1, 0.15) is 6.61 Å². The molecule has 1 aliphatic heterocycles. The van der Waals surface area contributed by atoms with Crippen LogP contribution in [0, 0.1) is 18.8 Å². The van der Waals surface area contributed by atoms with E-state index in [0.717, 1.165) is 36.9 Å². The van der Waals surface area contributed by atoms with Crippen LogP contribution in [-0.4, -0.2) is 34.5 Å². The van der Waals surface area contributed by atoms with Gasteiger partial charge in [0.05, 0.1) is 6.04 Å². The fourth-order valence-electron chi connectivity index (χ4n) is 4.96. The molecule has 0 N–H and O–H groups in total. The number of nitrogens with zero attached hydrogens (tertiary/aromatic N) is 2. The summed E-state index contributed by atoms with van der Waals surface area (Å²) in [5, 5.41) is 0. The molecule has 30 heavy (non-hydrogen) atoms. The molecule has 1 unspecified atom stereocenters. The lowest BCUT2D eigenvalue weighted by Gasteiger charge is -2.33. The Balaban J connectivity index is 1.38. The van der Waals surface area contributed by atoms with Gasteiger partial charge in [0, 0.05) is 17.8 Å². The van der Waals surface area contributed by atoms with Crippen molar-refractivity contribution in [1.29, 1.82) is 0 Å². The summed E-state index contributed by atoms with van der Waals surface area (Å²) in [6.45, 7) is 4.28. The lowest BCUT2D eigenvalue weighted by Crippen LogP contribution is -2.45. The van der Waals surface area contributed by atoms with Gasteiger partial charge in [-0.3, -0.25) is 9.78 Å². The van der Waals surface area contributed by atoms with Gasteiger partial charge in [-0.1, -0.05) is 37.3 Å². The minimum atomic E-state index is -0.492. The first-order valence-electron chi connectivity index (χ1n) is 11.0. The van der Waals surface area contributed by atoms with E-state index < -0.39 is 6.09 Å². The van der Waals surface area contributed by atoms with Crippen LogP contribution in [0.1, 0.15) is 55.3 Å². The predicted octanol–water partition coefficient (Wildman–Crippen LogP) is 4.89. The molecule has 1 saturated carbocycles. The van der Waals surface area contributed by atoms with Crippen molar-refractivity contribution in [2.24, 2.45) is 11.8 Å². The number of hydrogen-bond acceptors (Lipinski definition) is 4. The van der Waals surface area contributed by atoms with Gasteiger partial charge in [0.15, 0.2) is 0 Å². The molecular formula is C25H30N2O3. The third-order valence-corrected chi connectivity index (χ3v) is 6.77. The number of pyridine rings is 1. The number of aromatic nitrogens is 1. The van der Waals surface area contributed by atoms with Crippen LogP contribution in [0.5, 0.6) is 0 Å². The number of hydrogen-bond donors (Lipinski definition) is 0. The maximum absolute atomic E-state index is 13.3. The molecule has 1 aliphatic carbocycles. The zero-order chi connectivity index (χ0) is 21.1. The second kappa shape index (κ2) is 8.99. The van der Waals surface area contributed by atoms with Crippen molar-refractivity contribution < 1.29 is 14.3 Å². The highest BCUT2D eigenvalue weighted by atomic mass is 16.6. The Kier molecular flexibility index (Phi) is 6.16. The molecule has 1 aromatic heterocycles. The second-order valence-electron chi connectivity index (χ2n) is 8.76. The van der Waals surface area contributed by atoms with Crippen molar-refractivity contribution in [3.05, 3.63) is 65.5 Å². The van der Waals surface area contributed by atoms with E-state index in [9.17, 15) is 9.59 Å². The molecule has 0 spiro atoms. The summed E-state index contributed by atoms with van der Waals surface area (Å²) < 4.78 is 5.26. The first-order valence-corrected chi connectivity index (χ1v) is 11.0. The Bertz CT molecular complexity index is 890. The molecule has 2 atom stereocenters. The van der Waals surface area contributed by atoms with Crippen LogP contribution in [0.2, 0.25) is 0 Å². The van der Waals surface area contributed by atoms with E-state index in [1.54, 1.807) is 0 Å². The average Bonchev–Trinajstić information content (AvgIpc) is 3.13. The molecule has 5 heteroatoms. The maximum atomic E-state index is 13.3. The fourth-order valence-corrected chi connectivity index (χ4v) is 4.96. The van der Waals surface area contributed by atoms with Crippen LogP contribution in [0.25, 0.3) is 0 Å². The van der Waals surface area contributed by atoms with E-state index in [1.807, 2.05) is 50.4 Å². The van der Waals surface area contributed by atoms with E-state index in [4.69, 9.17) is 4.74 Å². The first-order chi connectivity index (χ1) is 14.5.